The normalized spacial score (nSPS) is 11.9. The first-order valence-electron chi connectivity index (χ1n) is 7.99. The molecule has 0 atom stereocenters. The third-order valence-corrected chi connectivity index (χ3v) is 3.06. The molecule has 0 spiro atoms. The molecule has 122 valence electrons. The molecule has 0 saturated carbocycles. The van der Waals surface area contributed by atoms with E-state index in [0.717, 1.165) is 17.3 Å². The van der Waals surface area contributed by atoms with Crippen LogP contribution in [0.4, 0.5) is 11.4 Å². The Kier molecular flexibility index (Phi) is 5.63. The molecular weight excluding hydrogens is 284 g/mol. The molecule has 0 heterocycles. The first kappa shape index (κ1) is 16.9. The Morgan fingerprint density at radius 2 is 1.39 bits per heavy atom. The van der Waals surface area contributed by atoms with Crippen molar-refractivity contribution in [3.63, 3.8) is 0 Å². The quantitative estimate of drug-likeness (QED) is 0.507. The molecule has 0 aliphatic heterocycles. The predicted octanol–water partition coefficient (Wildman–Crippen LogP) is 4.09. The molecule has 0 unspecified atom stereocenters. The third kappa shape index (κ3) is 5.33. The van der Waals surface area contributed by atoms with Crippen LogP contribution in [0.15, 0.2) is 65.7 Å². The summed E-state index contributed by atoms with van der Waals surface area (Å²) in [5.41, 5.74) is 5.45. The summed E-state index contributed by atoms with van der Waals surface area (Å²) in [6.45, 7) is 9.10. The van der Waals surface area contributed by atoms with Gasteiger partial charge in [0.15, 0.2) is 0 Å². The highest BCUT2D eigenvalue weighted by Gasteiger charge is 2.16. The average molecular weight is 310 g/mol. The van der Waals surface area contributed by atoms with Gasteiger partial charge in [-0.3, -0.25) is 15.4 Å². The van der Waals surface area contributed by atoms with Crippen LogP contribution in [0.1, 0.15) is 27.7 Å². The summed E-state index contributed by atoms with van der Waals surface area (Å²) in [5, 5.41) is 5.46. The van der Waals surface area contributed by atoms with Crippen LogP contribution in [-0.4, -0.2) is 18.0 Å². The Morgan fingerprint density at radius 1 is 0.913 bits per heavy atom. The number of hydrogen-bond donors (Lipinski definition) is 2. The fourth-order valence-corrected chi connectivity index (χ4v) is 2.15. The molecule has 23 heavy (non-hydrogen) atoms. The molecule has 0 bridgehead atoms. The number of guanidine groups is 1. The molecule has 2 aromatic rings. The van der Waals surface area contributed by atoms with E-state index >= 15 is 0 Å². The van der Waals surface area contributed by atoms with Gasteiger partial charge in [-0.2, -0.15) is 0 Å². The van der Waals surface area contributed by atoms with Crippen molar-refractivity contribution in [3.8, 4) is 0 Å². The second kappa shape index (κ2) is 7.68. The van der Waals surface area contributed by atoms with E-state index in [4.69, 9.17) is 0 Å². The molecule has 0 saturated heterocycles. The van der Waals surface area contributed by atoms with E-state index < -0.39 is 0 Å². The standard InChI is InChI=1S/C19H26N4/c1-5-20-18(21-19(2,3)4)22-23(16-12-8-6-9-13-16)17-14-10-7-11-15-17/h6-15H,5H2,1-4H3,(H2,20,21,22). The minimum atomic E-state index is -0.0694. The molecule has 4 nitrogen and oxygen atoms in total. The lowest BCUT2D eigenvalue weighted by atomic mass is 10.1. The van der Waals surface area contributed by atoms with Crippen molar-refractivity contribution < 1.29 is 0 Å². The summed E-state index contributed by atoms with van der Waals surface area (Å²) < 4.78 is 0. The van der Waals surface area contributed by atoms with E-state index in [1.807, 2.05) is 48.3 Å². The zero-order chi connectivity index (χ0) is 16.7. The van der Waals surface area contributed by atoms with Gasteiger partial charge in [-0.25, -0.2) is 0 Å². The van der Waals surface area contributed by atoms with E-state index in [1.54, 1.807) is 0 Å². The maximum Gasteiger partial charge on any atom is 0.211 e. The first-order chi connectivity index (χ1) is 11.0. The molecule has 0 aliphatic rings. The lowest BCUT2D eigenvalue weighted by molar-refractivity contribution is 0.501. The van der Waals surface area contributed by atoms with E-state index in [1.165, 1.54) is 0 Å². The molecule has 2 N–H and O–H groups in total. The van der Waals surface area contributed by atoms with Gasteiger partial charge in [0.05, 0.1) is 11.4 Å². The number of benzene rings is 2. The van der Waals surface area contributed by atoms with E-state index in [9.17, 15) is 0 Å². The highest BCUT2D eigenvalue weighted by molar-refractivity contribution is 5.84. The lowest BCUT2D eigenvalue weighted by Crippen LogP contribution is -2.52. The summed E-state index contributed by atoms with van der Waals surface area (Å²) >= 11 is 0. The summed E-state index contributed by atoms with van der Waals surface area (Å²) in [7, 11) is 0. The third-order valence-electron chi connectivity index (χ3n) is 3.06. The summed E-state index contributed by atoms with van der Waals surface area (Å²) in [4.78, 5) is 4.55. The molecule has 0 fully saturated rings. The Hall–Kier alpha value is -2.49. The van der Waals surface area contributed by atoms with Crippen molar-refractivity contribution in [3.05, 3.63) is 60.7 Å². The maximum absolute atomic E-state index is 4.55. The van der Waals surface area contributed by atoms with Crippen LogP contribution in [0.5, 0.6) is 0 Å². The molecular formula is C19H26N4. The van der Waals surface area contributed by atoms with Crippen LogP contribution in [-0.2, 0) is 0 Å². The Bertz CT molecular complexity index is 575. The van der Waals surface area contributed by atoms with Gasteiger partial charge in [-0.1, -0.05) is 36.4 Å². The van der Waals surface area contributed by atoms with Crippen LogP contribution in [0.25, 0.3) is 0 Å². The summed E-state index contributed by atoms with van der Waals surface area (Å²) in [5.74, 6) is 0.757. The highest BCUT2D eigenvalue weighted by atomic mass is 15.6. The number of nitrogens with one attached hydrogen (secondary N) is 2. The van der Waals surface area contributed by atoms with Crippen molar-refractivity contribution >= 4 is 17.3 Å². The second-order valence-corrected chi connectivity index (χ2v) is 6.32. The van der Waals surface area contributed by atoms with E-state index in [-0.39, 0.29) is 5.54 Å². The monoisotopic (exact) mass is 310 g/mol. The number of hydrazine groups is 1. The number of hydrogen-bond acceptors (Lipinski definition) is 2. The maximum atomic E-state index is 4.55. The van der Waals surface area contributed by atoms with Crippen molar-refractivity contribution in [2.24, 2.45) is 4.99 Å². The zero-order valence-electron chi connectivity index (χ0n) is 14.4. The van der Waals surface area contributed by atoms with Crippen LogP contribution < -0.4 is 15.8 Å². The van der Waals surface area contributed by atoms with Gasteiger partial charge in [-0.05, 0) is 52.0 Å². The van der Waals surface area contributed by atoms with Gasteiger partial charge < -0.3 is 5.32 Å². The van der Waals surface area contributed by atoms with Gasteiger partial charge in [0, 0.05) is 12.1 Å². The number of nitrogens with zero attached hydrogens (tertiary/aromatic N) is 2. The molecule has 0 radical (unpaired) electrons. The summed E-state index contributed by atoms with van der Waals surface area (Å²) in [6, 6.07) is 20.4. The van der Waals surface area contributed by atoms with Crippen molar-refractivity contribution in [1.82, 2.24) is 10.7 Å². The number of rotatable bonds is 4. The van der Waals surface area contributed by atoms with Gasteiger partial charge in [-0.15, -0.1) is 0 Å². The predicted molar refractivity (Wildman–Crippen MR) is 99.0 cm³/mol. The SMILES string of the molecule is CCN=C(NN(c1ccccc1)c1ccccc1)NC(C)(C)C. The average Bonchev–Trinajstić information content (AvgIpc) is 2.53. The molecule has 2 rings (SSSR count). The minimum Gasteiger partial charge on any atom is -0.350 e. The molecule has 0 aromatic heterocycles. The second-order valence-electron chi connectivity index (χ2n) is 6.32. The fraction of sp³-hybridized carbons (Fsp3) is 0.316. The molecule has 0 amide bonds. The van der Waals surface area contributed by atoms with Gasteiger partial charge in [0.2, 0.25) is 5.96 Å². The minimum absolute atomic E-state index is 0.0694. The van der Waals surface area contributed by atoms with Gasteiger partial charge >= 0.3 is 0 Å². The van der Waals surface area contributed by atoms with Crippen molar-refractivity contribution in [1.29, 1.82) is 0 Å². The highest BCUT2D eigenvalue weighted by Crippen LogP contribution is 2.22. The number of aliphatic imine (C=N–C) groups is 1. The molecule has 0 aliphatic carbocycles. The lowest BCUT2D eigenvalue weighted by Gasteiger charge is -2.31. The number of para-hydroxylation sites is 2. The van der Waals surface area contributed by atoms with Crippen LogP contribution in [0.2, 0.25) is 0 Å². The van der Waals surface area contributed by atoms with E-state index in [2.05, 4.69) is 60.8 Å². The van der Waals surface area contributed by atoms with Crippen molar-refractivity contribution in [2.45, 2.75) is 33.2 Å². The first-order valence-corrected chi connectivity index (χ1v) is 7.99. The van der Waals surface area contributed by atoms with Crippen LogP contribution in [0, 0.1) is 0 Å². The molecule has 4 heteroatoms. The van der Waals surface area contributed by atoms with E-state index in [0.29, 0.717) is 6.54 Å². The number of anilines is 2. The molecule has 2 aromatic carbocycles. The van der Waals surface area contributed by atoms with Crippen LogP contribution in [0.3, 0.4) is 0 Å². The Labute approximate surface area is 139 Å². The Balaban J connectivity index is 2.32. The van der Waals surface area contributed by atoms with Gasteiger partial charge in [0.25, 0.3) is 0 Å². The van der Waals surface area contributed by atoms with Crippen LogP contribution >= 0.6 is 0 Å². The topological polar surface area (TPSA) is 39.7 Å². The summed E-state index contributed by atoms with van der Waals surface area (Å²) in [6.07, 6.45) is 0. The fourth-order valence-electron chi connectivity index (χ4n) is 2.15. The Morgan fingerprint density at radius 3 is 1.78 bits per heavy atom. The zero-order valence-corrected chi connectivity index (χ0v) is 14.4. The largest absolute Gasteiger partial charge is 0.350 e. The van der Waals surface area contributed by atoms with Gasteiger partial charge in [0.1, 0.15) is 0 Å². The smallest absolute Gasteiger partial charge is 0.211 e. The van der Waals surface area contributed by atoms with Crippen molar-refractivity contribution in [2.75, 3.05) is 11.6 Å².